The second kappa shape index (κ2) is 10.5. The first-order valence-electron chi connectivity index (χ1n) is 11.2. The van der Waals surface area contributed by atoms with E-state index in [0.717, 1.165) is 53.7 Å². The molecule has 31 heavy (non-hydrogen) atoms. The molecule has 0 unspecified atom stereocenters. The predicted octanol–water partition coefficient (Wildman–Crippen LogP) is 4.33. The van der Waals surface area contributed by atoms with E-state index in [1.54, 1.807) is 12.0 Å². The zero-order valence-electron chi connectivity index (χ0n) is 19.1. The predicted molar refractivity (Wildman–Crippen MR) is 123 cm³/mol. The van der Waals surface area contributed by atoms with E-state index in [9.17, 15) is 9.59 Å². The summed E-state index contributed by atoms with van der Waals surface area (Å²) in [6.07, 6.45) is 4.63. The maximum Gasteiger partial charge on any atom is 0.242 e. The molecule has 0 aromatic heterocycles. The van der Waals surface area contributed by atoms with Gasteiger partial charge in [-0.1, -0.05) is 54.3 Å². The molecule has 0 bridgehead atoms. The van der Waals surface area contributed by atoms with E-state index in [0.29, 0.717) is 6.54 Å². The number of methoxy groups -OCH3 is 1. The lowest BCUT2D eigenvalue weighted by Crippen LogP contribution is -2.50. The van der Waals surface area contributed by atoms with Gasteiger partial charge >= 0.3 is 0 Å². The third kappa shape index (κ3) is 6.33. The minimum absolute atomic E-state index is 0.0464. The number of amides is 2. The molecule has 0 saturated heterocycles. The van der Waals surface area contributed by atoms with Crippen molar-refractivity contribution < 1.29 is 14.3 Å². The summed E-state index contributed by atoms with van der Waals surface area (Å²) in [4.78, 5) is 28.0. The summed E-state index contributed by atoms with van der Waals surface area (Å²) in [5, 5.41) is 3.15. The van der Waals surface area contributed by atoms with Crippen LogP contribution in [0.25, 0.3) is 0 Å². The van der Waals surface area contributed by atoms with Crippen LogP contribution in [0.15, 0.2) is 42.5 Å². The number of hydrogen-bond acceptors (Lipinski definition) is 3. The number of aryl methyl sites for hydroxylation is 2. The minimum Gasteiger partial charge on any atom is -0.497 e. The first-order valence-corrected chi connectivity index (χ1v) is 11.2. The third-order valence-corrected chi connectivity index (χ3v) is 6.02. The van der Waals surface area contributed by atoms with Gasteiger partial charge in [-0.25, -0.2) is 0 Å². The van der Waals surface area contributed by atoms with Crippen molar-refractivity contribution >= 4 is 11.8 Å². The summed E-state index contributed by atoms with van der Waals surface area (Å²) in [5.74, 6) is 0.646. The van der Waals surface area contributed by atoms with Gasteiger partial charge in [-0.15, -0.1) is 0 Å². The van der Waals surface area contributed by atoms with Crippen LogP contribution in [-0.2, 0) is 22.6 Å². The lowest BCUT2D eigenvalue weighted by atomic mass is 10.0. The Morgan fingerprint density at radius 1 is 1.03 bits per heavy atom. The third-order valence-electron chi connectivity index (χ3n) is 6.02. The minimum atomic E-state index is -0.541. The van der Waals surface area contributed by atoms with Crippen LogP contribution >= 0.6 is 0 Å². The second-order valence-electron chi connectivity index (χ2n) is 8.71. The van der Waals surface area contributed by atoms with Crippen LogP contribution in [0.4, 0.5) is 0 Å². The Labute approximate surface area is 185 Å². The molecule has 1 fully saturated rings. The van der Waals surface area contributed by atoms with Crippen LogP contribution in [-0.4, -0.2) is 35.9 Å². The number of rotatable bonds is 8. The van der Waals surface area contributed by atoms with Gasteiger partial charge in [0, 0.05) is 12.6 Å². The number of carbonyl (C=O) groups excluding carboxylic acids is 2. The molecule has 1 atom stereocenters. The number of ether oxygens (including phenoxy) is 1. The monoisotopic (exact) mass is 422 g/mol. The van der Waals surface area contributed by atoms with Gasteiger partial charge in [0.15, 0.2) is 0 Å². The van der Waals surface area contributed by atoms with Gasteiger partial charge in [-0.3, -0.25) is 9.59 Å². The van der Waals surface area contributed by atoms with Crippen molar-refractivity contribution in [2.75, 3.05) is 7.11 Å². The standard InChI is InChI=1S/C26H34N2O3/c1-18-13-19(2)15-22(14-18)16-25(29)28(17-21-9-11-24(31-4)12-10-21)20(3)26(30)27-23-7-5-6-8-23/h9-15,20,23H,5-8,16-17H2,1-4H3,(H,27,30)/t20-/m0/s1. The fraction of sp³-hybridized carbons (Fsp3) is 0.462. The molecule has 0 radical (unpaired) electrons. The summed E-state index contributed by atoms with van der Waals surface area (Å²) in [6, 6.07) is 13.5. The van der Waals surface area contributed by atoms with E-state index in [4.69, 9.17) is 4.74 Å². The molecular formula is C26H34N2O3. The van der Waals surface area contributed by atoms with Crippen LogP contribution in [0.2, 0.25) is 0 Å². The van der Waals surface area contributed by atoms with Crippen molar-refractivity contribution in [2.45, 2.75) is 71.5 Å². The molecule has 0 aliphatic heterocycles. The Kier molecular flexibility index (Phi) is 7.72. The second-order valence-corrected chi connectivity index (χ2v) is 8.71. The molecule has 1 saturated carbocycles. The quantitative estimate of drug-likeness (QED) is 0.689. The highest BCUT2D eigenvalue weighted by Gasteiger charge is 2.28. The number of benzene rings is 2. The molecule has 2 aromatic carbocycles. The fourth-order valence-electron chi connectivity index (χ4n) is 4.35. The van der Waals surface area contributed by atoms with Gasteiger partial charge < -0.3 is 15.0 Å². The molecule has 1 aliphatic rings. The van der Waals surface area contributed by atoms with Gasteiger partial charge in [0.05, 0.1) is 13.5 Å². The lowest BCUT2D eigenvalue weighted by molar-refractivity contribution is -0.140. The zero-order chi connectivity index (χ0) is 22.4. The van der Waals surface area contributed by atoms with E-state index in [2.05, 4.69) is 11.4 Å². The average molecular weight is 423 g/mol. The van der Waals surface area contributed by atoms with Gasteiger partial charge in [0.25, 0.3) is 0 Å². The van der Waals surface area contributed by atoms with Crippen LogP contribution in [0.5, 0.6) is 5.75 Å². The molecule has 0 heterocycles. The highest BCUT2D eigenvalue weighted by Crippen LogP contribution is 2.20. The van der Waals surface area contributed by atoms with E-state index in [1.807, 2.05) is 57.2 Å². The zero-order valence-corrected chi connectivity index (χ0v) is 19.1. The average Bonchev–Trinajstić information content (AvgIpc) is 3.24. The summed E-state index contributed by atoms with van der Waals surface area (Å²) in [5.41, 5.74) is 4.22. The number of carbonyl (C=O) groups is 2. The Balaban J connectivity index is 1.78. The van der Waals surface area contributed by atoms with E-state index >= 15 is 0 Å². The van der Waals surface area contributed by atoms with Crippen molar-refractivity contribution in [2.24, 2.45) is 0 Å². The van der Waals surface area contributed by atoms with Crippen molar-refractivity contribution in [3.05, 3.63) is 64.7 Å². The molecule has 3 rings (SSSR count). The van der Waals surface area contributed by atoms with Crippen molar-refractivity contribution in [1.29, 1.82) is 0 Å². The molecule has 2 amide bonds. The summed E-state index contributed by atoms with van der Waals surface area (Å²) >= 11 is 0. The molecule has 5 heteroatoms. The number of nitrogens with one attached hydrogen (secondary N) is 1. The normalized spacial score (nSPS) is 14.8. The molecule has 2 aromatic rings. The first-order chi connectivity index (χ1) is 14.9. The molecule has 5 nitrogen and oxygen atoms in total. The number of nitrogens with zero attached hydrogens (tertiary/aromatic N) is 1. The van der Waals surface area contributed by atoms with E-state index < -0.39 is 6.04 Å². The Bertz CT molecular complexity index is 881. The van der Waals surface area contributed by atoms with Crippen LogP contribution in [0.1, 0.15) is 54.9 Å². The van der Waals surface area contributed by atoms with Gasteiger partial charge in [-0.2, -0.15) is 0 Å². The first kappa shape index (κ1) is 22.9. The maximum atomic E-state index is 13.4. The Hall–Kier alpha value is -2.82. The topological polar surface area (TPSA) is 58.6 Å². The molecule has 1 N–H and O–H groups in total. The SMILES string of the molecule is COc1ccc(CN(C(=O)Cc2cc(C)cc(C)c2)[C@@H](C)C(=O)NC2CCCC2)cc1. The molecule has 166 valence electrons. The highest BCUT2D eigenvalue weighted by molar-refractivity contribution is 5.88. The Morgan fingerprint density at radius 2 is 1.65 bits per heavy atom. The van der Waals surface area contributed by atoms with Crippen molar-refractivity contribution in [3.8, 4) is 5.75 Å². The van der Waals surface area contributed by atoms with Crippen molar-refractivity contribution in [1.82, 2.24) is 10.2 Å². The van der Waals surface area contributed by atoms with E-state index in [1.165, 1.54) is 0 Å². The van der Waals surface area contributed by atoms with Crippen LogP contribution < -0.4 is 10.1 Å². The maximum absolute atomic E-state index is 13.4. The molecular weight excluding hydrogens is 388 g/mol. The van der Waals surface area contributed by atoms with Gasteiger partial charge in [-0.05, 0) is 56.9 Å². The van der Waals surface area contributed by atoms with Gasteiger partial charge in [0.1, 0.15) is 11.8 Å². The highest BCUT2D eigenvalue weighted by atomic mass is 16.5. The van der Waals surface area contributed by atoms with Crippen LogP contribution in [0, 0.1) is 13.8 Å². The molecule has 0 spiro atoms. The smallest absolute Gasteiger partial charge is 0.242 e. The lowest BCUT2D eigenvalue weighted by Gasteiger charge is -2.30. The number of hydrogen-bond donors (Lipinski definition) is 1. The largest absolute Gasteiger partial charge is 0.497 e. The van der Waals surface area contributed by atoms with Gasteiger partial charge in [0.2, 0.25) is 11.8 Å². The summed E-state index contributed by atoms with van der Waals surface area (Å²) in [7, 11) is 1.63. The Morgan fingerprint density at radius 3 is 2.23 bits per heavy atom. The molecule has 1 aliphatic carbocycles. The van der Waals surface area contributed by atoms with Crippen molar-refractivity contribution in [3.63, 3.8) is 0 Å². The van der Waals surface area contributed by atoms with E-state index in [-0.39, 0.29) is 24.3 Å². The summed E-state index contributed by atoms with van der Waals surface area (Å²) in [6.45, 7) is 6.28. The van der Waals surface area contributed by atoms with Crippen LogP contribution in [0.3, 0.4) is 0 Å². The fourth-order valence-corrected chi connectivity index (χ4v) is 4.35. The summed E-state index contributed by atoms with van der Waals surface area (Å²) < 4.78 is 5.24.